The van der Waals surface area contributed by atoms with E-state index < -0.39 is 0 Å². The lowest BCUT2D eigenvalue weighted by molar-refractivity contribution is 0.0712. The van der Waals surface area contributed by atoms with Crippen LogP contribution in [0.5, 0.6) is 0 Å². The minimum atomic E-state index is -0.351. The zero-order valence-electron chi connectivity index (χ0n) is 23.0. The van der Waals surface area contributed by atoms with Gasteiger partial charge >= 0.3 is 0 Å². The maximum atomic E-state index is 13.3. The molecule has 2 amide bonds. The summed E-state index contributed by atoms with van der Waals surface area (Å²) in [7, 11) is 1.82. The van der Waals surface area contributed by atoms with Crippen LogP contribution in [0.3, 0.4) is 0 Å². The highest BCUT2D eigenvalue weighted by Gasteiger charge is 2.25. The van der Waals surface area contributed by atoms with E-state index in [-0.39, 0.29) is 17.9 Å². The van der Waals surface area contributed by atoms with Gasteiger partial charge in [-0.15, -0.1) is 0 Å². The van der Waals surface area contributed by atoms with Gasteiger partial charge in [0.15, 0.2) is 0 Å². The molecule has 208 valence electrons. The highest BCUT2D eigenvalue weighted by molar-refractivity contribution is 6.34. The fourth-order valence-corrected chi connectivity index (χ4v) is 4.93. The Kier molecular flexibility index (Phi) is 9.56. The standard InChI is InChI=1S/C31H35ClN6O2/c1-20(2)36-29-11-9-25(19-35-29)30(39)37-28-16-24(8-10-27(28)32)31(40)38-14-12-23(13-15-38)21-4-6-22(7-5-21)26(17-33)18-34-3/h4-11,16-20,23,33-34H,12-15H2,1-3H3,(H,35,36)(H,37,39)/b26-18+,33-17?. The Bertz CT molecular complexity index is 1380. The molecule has 1 aliphatic rings. The molecule has 0 bridgehead atoms. The van der Waals surface area contributed by atoms with Crippen molar-refractivity contribution < 1.29 is 9.59 Å². The van der Waals surface area contributed by atoms with Crippen molar-refractivity contribution in [3.8, 4) is 0 Å². The van der Waals surface area contributed by atoms with Gasteiger partial charge in [-0.05, 0) is 74.1 Å². The first-order valence-electron chi connectivity index (χ1n) is 13.4. The minimum Gasteiger partial charge on any atom is -0.393 e. The number of amides is 2. The molecule has 2 aromatic carbocycles. The molecular weight excluding hydrogens is 524 g/mol. The second-order valence-corrected chi connectivity index (χ2v) is 10.5. The first-order valence-corrected chi connectivity index (χ1v) is 13.8. The van der Waals surface area contributed by atoms with Crippen molar-refractivity contribution in [1.29, 1.82) is 5.41 Å². The number of hydrogen-bond donors (Lipinski definition) is 4. The number of likely N-dealkylation sites (tertiary alicyclic amines) is 1. The summed E-state index contributed by atoms with van der Waals surface area (Å²) in [4.78, 5) is 32.3. The molecule has 4 N–H and O–H groups in total. The molecule has 0 aliphatic carbocycles. The van der Waals surface area contributed by atoms with Crippen LogP contribution in [0.1, 0.15) is 64.4 Å². The number of carbonyl (C=O) groups excluding carboxylic acids is 2. The van der Waals surface area contributed by atoms with E-state index in [2.05, 4.69) is 33.1 Å². The molecule has 9 heteroatoms. The van der Waals surface area contributed by atoms with Crippen LogP contribution < -0.4 is 16.0 Å². The van der Waals surface area contributed by atoms with E-state index in [1.807, 2.05) is 37.9 Å². The number of benzene rings is 2. The minimum absolute atomic E-state index is 0.0837. The third kappa shape index (κ3) is 7.07. The summed E-state index contributed by atoms with van der Waals surface area (Å²) in [5.74, 6) is 0.623. The van der Waals surface area contributed by atoms with E-state index in [4.69, 9.17) is 17.0 Å². The van der Waals surface area contributed by atoms with Crippen LogP contribution >= 0.6 is 11.6 Å². The Morgan fingerprint density at radius 2 is 1.70 bits per heavy atom. The van der Waals surface area contributed by atoms with Crippen LogP contribution in [-0.4, -0.2) is 54.1 Å². The van der Waals surface area contributed by atoms with Gasteiger partial charge in [0.05, 0.1) is 16.3 Å². The van der Waals surface area contributed by atoms with Crippen molar-refractivity contribution in [2.45, 2.75) is 38.6 Å². The summed E-state index contributed by atoms with van der Waals surface area (Å²) in [6.07, 6.45) is 6.37. The Hall–Kier alpha value is -4.17. The number of rotatable bonds is 9. The second-order valence-electron chi connectivity index (χ2n) is 10.1. The number of anilines is 2. The van der Waals surface area contributed by atoms with Gasteiger partial charge in [-0.25, -0.2) is 4.98 Å². The highest BCUT2D eigenvalue weighted by Crippen LogP contribution is 2.31. The molecule has 0 radical (unpaired) electrons. The summed E-state index contributed by atoms with van der Waals surface area (Å²) >= 11 is 6.36. The van der Waals surface area contributed by atoms with Crippen molar-refractivity contribution >= 4 is 46.7 Å². The Morgan fingerprint density at radius 3 is 2.30 bits per heavy atom. The lowest BCUT2D eigenvalue weighted by Crippen LogP contribution is -2.38. The number of halogens is 1. The third-order valence-electron chi connectivity index (χ3n) is 6.88. The lowest BCUT2D eigenvalue weighted by atomic mass is 9.88. The van der Waals surface area contributed by atoms with Crippen molar-refractivity contribution in [1.82, 2.24) is 15.2 Å². The molecule has 1 fully saturated rings. The normalized spacial score (nSPS) is 14.1. The largest absolute Gasteiger partial charge is 0.393 e. The van der Waals surface area contributed by atoms with Crippen LogP contribution in [0.4, 0.5) is 11.5 Å². The summed E-state index contributed by atoms with van der Waals surface area (Å²) in [5.41, 5.74) is 4.30. The number of nitrogens with zero attached hydrogens (tertiary/aromatic N) is 2. The molecule has 1 aromatic heterocycles. The van der Waals surface area contributed by atoms with E-state index in [1.54, 1.807) is 36.5 Å². The molecule has 4 rings (SSSR count). The summed E-state index contributed by atoms with van der Waals surface area (Å²) in [6.45, 7) is 5.31. The van der Waals surface area contributed by atoms with E-state index in [0.29, 0.717) is 46.7 Å². The SMILES string of the molecule is CN/C=C(\C=N)c1ccc(C2CCN(C(=O)c3ccc(Cl)c(NC(=O)c4ccc(NC(C)C)nc4)c3)CC2)cc1. The van der Waals surface area contributed by atoms with Crippen LogP contribution in [-0.2, 0) is 0 Å². The summed E-state index contributed by atoms with van der Waals surface area (Å²) in [5, 5.41) is 16.9. The van der Waals surface area contributed by atoms with Gasteiger partial charge < -0.3 is 26.3 Å². The number of hydrogen-bond acceptors (Lipinski definition) is 6. The molecule has 0 atom stereocenters. The molecule has 3 aromatic rings. The lowest BCUT2D eigenvalue weighted by Gasteiger charge is -2.32. The van der Waals surface area contributed by atoms with Crippen LogP contribution in [0.15, 0.2) is 67.0 Å². The molecule has 2 heterocycles. The van der Waals surface area contributed by atoms with Crippen molar-refractivity contribution in [3.05, 3.63) is 94.3 Å². The van der Waals surface area contributed by atoms with Gasteiger partial charge in [0.2, 0.25) is 0 Å². The second kappa shape index (κ2) is 13.3. The topological polar surface area (TPSA) is 110 Å². The summed E-state index contributed by atoms with van der Waals surface area (Å²) < 4.78 is 0. The quantitative estimate of drug-likeness (QED) is 0.239. The van der Waals surface area contributed by atoms with Gasteiger partial charge in [0, 0.05) is 55.9 Å². The fourth-order valence-electron chi connectivity index (χ4n) is 4.77. The van der Waals surface area contributed by atoms with Crippen LogP contribution in [0.2, 0.25) is 5.02 Å². The van der Waals surface area contributed by atoms with Crippen molar-refractivity contribution in [2.75, 3.05) is 30.8 Å². The predicted octanol–water partition coefficient (Wildman–Crippen LogP) is 6.04. The number of nitrogens with one attached hydrogen (secondary N) is 4. The number of carbonyl (C=O) groups is 2. The first kappa shape index (κ1) is 28.8. The smallest absolute Gasteiger partial charge is 0.257 e. The maximum Gasteiger partial charge on any atom is 0.257 e. The Morgan fingerprint density at radius 1 is 1.02 bits per heavy atom. The number of aromatic nitrogens is 1. The van der Waals surface area contributed by atoms with E-state index in [9.17, 15) is 9.59 Å². The zero-order valence-corrected chi connectivity index (χ0v) is 23.8. The number of allylic oxidation sites excluding steroid dienone is 1. The molecule has 0 spiro atoms. The third-order valence-corrected chi connectivity index (χ3v) is 7.21. The zero-order chi connectivity index (χ0) is 28.6. The molecule has 40 heavy (non-hydrogen) atoms. The molecule has 1 aliphatic heterocycles. The van der Waals surface area contributed by atoms with Gasteiger partial charge in [-0.2, -0.15) is 0 Å². The van der Waals surface area contributed by atoms with Crippen LogP contribution in [0.25, 0.3) is 5.57 Å². The van der Waals surface area contributed by atoms with E-state index in [0.717, 1.165) is 24.0 Å². The van der Waals surface area contributed by atoms with Gasteiger partial charge in [0.1, 0.15) is 5.82 Å². The van der Waals surface area contributed by atoms with E-state index >= 15 is 0 Å². The fraction of sp³-hybridized carbons (Fsp3) is 0.290. The highest BCUT2D eigenvalue weighted by atomic mass is 35.5. The van der Waals surface area contributed by atoms with E-state index in [1.165, 1.54) is 18.0 Å². The molecule has 0 unspecified atom stereocenters. The predicted molar refractivity (Wildman–Crippen MR) is 163 cm³/mol. The average molecular weight is 559 g/mol. The molecule has 1 saturated heterocycles. The number of piperidine rings is 1. The summed E-state index contributed by atoms with van der Waals surface area (Å²) in [6, 6.07) is 16.9. The first-order chi connectivity index (χ1) is 19.3. The van der Waals surface area contributed by atoms with Gasteiger partial charge in [-0.3, -0.25) is 9.59 Å². The molecular formula is C31H35ClN6O2. The Labute approximate surface area is 240 Å². The number of pyridine rings is 1. The van der Waals surface area contributed by atoms with Gasteiger partial charge in [0.25, 0.3) is 11.8 Å². The Balaban J connectivity index is 1.37. The van der Waals surface area contributed by atoms with Crippen molar-refractivity contribution in [2.24, 2.45) is 0 Å². The average Bonchev–Trinajstić information content (AvgIpc) is 2.97. The molecule has 8 nitrogen and oxygen atoms in total. The molecule has 0 saturated carbocycles. The van der Waals surface area contributed by atoms with Gasteiger partial charge in [-0.1, -0.05) is 35.9 Å². The maximum absolute atomic E-state index is 13.3. The monoisotopic (exact) mass is 558 g/mol. The van der Waals surface area contributed by atoms with Crippen molar-refractivity contribution in [3.63, 3.8) is 0 Å². The van der Waals surface area contributed by atoms with Crippen LogP contribution in [0, 0.1) is 5.41 Å².